The first-order valence-corrected chi connectivity index (χ1v) is 9.41. The maximum atomic E-state index is 12.8. The SMILES string of the molecule is COc1ccc(N2C(=O)CCC2=O)cc1S(=O)(=O)Nc1ccc(C#N)cc1. The number of sulfonamides is 1. The summed E-state index contributed by atoms with van der Waals surface area (Å²) in [6.45, 7) is 0. The third-order valence-corrected chi connectivity index (χ3v) is 5.42. The van der Waals surface area contributed by atoms with Crippen molar-refractivity contribution in [3.05, 3.63) is 48.0 Å². The fourth-order valence-corrected chi connectivity index (χ4v) is 3.95. The molecule has 0 saturated carbocycles. The second kappa shape index (κ2) is 7.09. The van der Waals surface area contributed by atoms with Gasteiger partial charge in [0.05, 0.1) is 24.4 Å². The Morgan fingerprint density at radius 3 is 2.26 bits per heavy atom. The summed E-state index contributed by atoms with van der Waals surface area (Å²) in [6, 6.07) is 11.9. The lowest BCUT2D eigenvalue weighted by atomic mass is 10.2. The van der Waals surface area contributed by atoms with Gasteiger partial charge in [-0.2, -0.15) is 5.26 Å². The Kier molecular flexibility index (Phi) is 4.83. The van der Waals surface area contributed by atoms with E-state index < -0.39 is 10.0 Å². The van der Waals surface area contributed by atoms with E-state index in [1.54, 1.807) is 0 Å². The summed E-state index contributed by atoms with van der Waals surface area (Å²) in [7, 11) is -2.75. The minimum Gasteiger partial charge on any atom is -0.495 e. The summed E-state index contributed by atoms with van der Waals surface area (Å²) < 4.78 is 33.2. The smallest absolute Gasteiger partial charge is 0.265 e. The zero-order valence-corrected chi connectivity index (χ0v) is 15.1. The number of carbonyl (C=O) groups is 2. The molecule has 0 unspecified atom stereocenters. The zero-order valence-electron chi connectivity index (χ0n) is 14.3. The van der Waals surface area contributed by atoms with Gasteiger partial charge in [0.25, 0.3) is 10.0 Å². The third-order valence-electron chi connectivity index (χ3n) is 4.01. The van der Waals surface area contributed by atoms with Crippen molar-refractivity contribution in [1.82, 2.24) is 0 Å². The zero-order chi connectivity index (χ0) is 19.6. The average molecular weight is 385 g/mol. The van der Waals surface area contributed by atoms with Gasteiger partial charge in [-0.3, -0.25) is 19.2 Å². The van der Waals surface area contributed by atoms with E-state index in [9.17, 15) is 18.0 Å². The minimum atomic E-state index is -4.07. The van der Waals surface area contributed by atoms with Gasteiger partial charge >= 0.3 is 0 Å². The maximum absolute atomic E-state index is 12.8. The van der Waals surface area contributed by atoms with Gasteiger partial charge in [0.15, 0.2) is 0 Å². The van der Waals surface area contributed by atoms with Crippen molar-refractivity contribution in [2.75, 3.05) is 16.7 Å². The summed E-state index contributed by atoms with van der Waals surface area (Å²) in [5, 5.41) is 8.82. The van der Waals surface area contributed by atoms with Gasteiger partial charge in [0.1, 0.15) is 10.6 Å². The number of nitrogens with zero attached hydrogens (tertiary/aromatic N) is 2. The molecule has 0 bridgehead atoms. The predicted octanol–water partition coefficient (Wildman–Crippen LogP) is 2.02. The van der Waals surface area contributed by atoms with Gasteiger partial charge in [-0.1, -0.05) is 0 Å². The summed E-state index contributed by atoms with van der Waals surface area (Å²) >= 11 is 0. The van der Waals surface area contributed by atoms with Gasteiger partial charge in [-0.15, -0.1) is 0 Å². The number of imide groups is 1. The molecule has 1 N–H and O–H groups in total. The number of ether oxygens (including phenoxy) is 1. The lowest BCUT2D eigenvalue weighted by Gasteiger charge is -2.17. The molecule has 3 rings (SSSR count). The Morgan fingerprint density at radius 2 is 1.70 bits per heavy atom. The predicted molar refractivity (Wildman–Crippen MR) is 96.7 cm³/mol. The molecule has 1 aliphatic heterocycles. The molecule has 0 aromatic heterocycles. The molecule has 2 amide bonds. The highest BCUT2D eigenvalue weighted by Gasteiger charge is 2.32. The molecule has 0 spiro atoms. The molecule has 1 fully saturated rings. The van der Waals surface area contributed by atoms with E-state index >= 15 is 0 Å². The quantitative estimate of drug-likeness (QED) is 0.787. The summed E-state index contributed by atoms with van der Waals surface area (Å²) in [5.41, 5.74) is 0.821. The van der Waals surface area contributed by atoms with E-state index in [1.807, 2.05) is 6.07 Å². The van der Waals surface area contributed by atoms with E-state index in [-0.39, 0.29) is 46.7 Å². The maximum Gasteiger partial charge on any atom is 0.265 e. The van der Waals surface area contributed by atoms with E-state index in [1.165, 1.54) is 49.6 Å². The van der Waals surface area contributed by atoms with Gasteiger partial charge in [-0.25, -0.2) is 8.42 Å². The van der Waals surface area contributed by atoms with Crippen LogP contribution in [0.15, 0.2) is 47.4 Å². The summed E-state index contributed by atoms with van der Waals surface area (Å²) in [4.78, 5) is 24.6. The van der Waals surface area contributed by atoms with E-state index in [4.69, 9.17) is 10.00 Å². The second-order valence-corrected chi connectivity index (χ2v) is 7.40. The highest BCUT2D eigenvalue weighted by molar-refractivity contribution is 7.92. The Morgan fingerprint density at radius 1 is 1.07 bits per heavy atom. The van der Waals surface area contributed by atoms with Crippen LogP contribution in [0.1, 0.15) is 18.4 Å². The molecule has 0 radical (unpaired) electrons. The topological polar surface area (TPSA) is 117 Å². The van der Waals surface area contributed by atoms with Crippen molar-refractivity contribution >= 4 is 33.2 Å². The highest BCUT2D eigenvalue weighted by atomic mass is 32.2. The molecule has 2 aromatic rings. The average Bonchev–Trinajstić information content (AvgIpc) is 3.00. The van der Waals surface area contributed by atoms with Crippen molar-refractivity contribution < 1.29 is 22.7 Å². The summed E-state index contributed by atoms with van der Waals surface area (Å²) in [6.07, 6.45) is 0.187. The number of anilines is 2. The molecular formula is C18H15N3O5S. The van der Waals surface area contributed by atoms with Crippen molar-refractivity contribution in [2.45, 2.75) is 17.7 Å². The van der Waals surface area contributed by atoms with Crippen molar-refractivity contribution in [2.24, 2.45) is 0 Å². The molecule has 138 valence electrons. The number of hydrogen-bond acceptors (Lipinski definition) is 6. The Bertz CT molecular complexity index is 1040. The van der Waals surface area contributed by atoms with Gasteiger partial charge in [0, 0.05) is 18.5 Å². The Balaban J connectivity index is 2.00. The molecule has 0 atom stereocenters. The molecule has 1 saturated heterocycles. The molecule has 1 aliphatic rings. The Hall–Kier alpha value is -3.38. The fourth-order valence-electron chi connectivity index (χ4n) is 2.70. The number of amides is 2. The summed E-state index contributed by atoms with van der Waals surface area (Å²) in [5.74, 6) is -0.693. The van der Waals surface area contributed by atoms with Crippen LogP contribution in [0.2, 0.25) is 0 Å². The minimum absolute atomic E-state index is 0.0685. The van der Waals surface area contributed by atoms with Crippen LogP contribution in [0.3, 0.4) is 0 Å². The first-order valence-electron chi connectivity index (χ1n) is 7.92. The molecule has 2 aromatic carbocycles. The number of rotatable bonds is 5. The van der Waals surface area contributed by atoms with Crippen molar-refractivity contribution in [3.8, 4) is 11.8 Å². The van der Waals surface area contributed by atoms with Crippen LogP contribution in [0.25, 0.3) is 0 Å². The van der Waals surface area contributed by atoms with Gasteiger partial charge < -0.3 is 4.74 Å². The van der Waals surface area contributed by atoms with E-state index in [2.05, 4.69) is 4.72 Å². The lowest BCUT2D eigenvalue weighted by Crippen LogP contribution is -2.28. The highest BCUT2D eigenvalue weighted by Crippen LogP contribution is 2.32. The first kappa shape index (κ1) is 18.4. The number of carbonyl (C=O) groups excluding carboxylic acids is 2. The molecular weight excluding hydrogens is 370 g/mol. The molecule has 27 heavy (non-hydrogen) atoms. The second-order valence-electron chi connectivity index (χ2n) is 5.75. The number of nitrogens with one attached hydrogen (secondary N) is 1. The van der Waals surface area contributed by atoms with Crippen LogP contribution in [-0.4, -0.2) is 27.3 Å². The van der Waals surface area contributed by atoms with Gasteiger partial charge in [-0.05, 0) is 42.5 Å². The number of hydrogen-bond donors (Lipinski definition) is 1. The largest absolute Gasteiger partial charge is 0.495 e. The van der Waals surface area contributed by atoms with Crippen LogP contribution in [0.4, 0.5) is 11.4 Å². The van der Waals surface area contributed by atoms with Crippen LogP contribution < -0.4 is 14.4 Å². The standard InChI is InChI=1S/C18H15N3O5S/c1-26-15-7-6-14(21-17(22)8-9-18(21)23)10-16(15)27(24,25)20-13-4-2-12(11-19)3-5-13/h2-7,10,20H,8-9H2,1H3. The lowest BCUT2D eigenvalue weighted by molar-refractivity contribution is -0.121. The normalized spacial score (nSPS) is 14.1. The fraction of sp³-hybridized carbons (Fsp3) is 0.167. The monoisotopic (exact) mass is 385 g/mol. The number of methoxy groups -OCH3 is 1. The van der Waals surface area contributed by atoms with Crippen LogP contribution in [0.5, 0.6) is 5.75 Å². The number of nitriles is 1. The third kappa shape index (κ3) is 3.61. The molecule has 9 heteroatoms. The van der Waals surface area contributed by atoms with Crippen LogP contribution >= 0.6 is 0 Å². The van der Waals surface area contributed by atoms with E-state index in [0.717, 1.165) is 4.90 Å². The Labute approximate surface area is 156 Å². The van der Waals surface area contributed by atoms with Crippen LogP contribution in [0, 0.1) is 11.3 Å². The first-order chi connectivity index (χ1) is 12.9. The molecule has 1 heterocycles. The van der Waals surface area contributed by atoms with Crippen LogP contribution in [-0.2, 0) is 19.6 Å². The van der Waals surface area contributed by atoms with Crippen molar-refractivity contribution in [1.29, 1.82) is 5.26 Å². The van der Waals surface area contributed by atoms with Crippen molar-refractivity contribution in [3.63, 3.8) is 0 Å². The molecule has 0 aliphatic carbocycles. The number of benzene rings is 2. The van der Waals surface area contributed by atoms with Gasteiger partial charge in [0.2, 0.25) is 11.8 Å². The molecule has 8 nitrogen and oxygen atoms in total. The van der Waals surface area contributed by atoms with E-state index in [0.29, 0.717) is 5.56 Å².